The number of amides is 1. The van der Waals surface area contributed by atoms with E-state index in [0.29, 0.717) is 5.56 Å². The van der Waals surface area contributed by atoms with Crippen molar-refractivity contribution < 1.29 is 9.53 Å². The van der Waals surface area contributed by atoms with Crippen LogP contribution in [0.5, 0.6) is 0 Å². The number of halogens is 1. The first-order valence-electron chi connectivity index (χ1n) is 9.61. The van der Waals surface area contributed by atoms with Gasteiger partial charge in [-0.25, -0.2) is 4.98 Å². The quantitative estimate of drug-likeness (QED) is 0.603. The molecule has 1 N–H and O–H groups in total. The minimum atomic E-state index is -0.0955. The van der Waals surface area contributed by atoms with E-state index in [-0.39, 0.29) is 18.1 Å². The monoisotopic (exact) mass is 438 g/mol. The van der Waals surface area contributed by atoms with Gasteiger partial charge < -0.3 is 10.1 Å². The SMILES string of the molecule is Cc1ccc(-c2cc(C(=O)N[C@@H](C)[C@@H]3CCCO3)c3cc(Br)ccc3n2)cc1. The summed E-state index contributed by atoms with van der Waals surface area (Å²) in [5, 5.41) is 3.97. The van der Waals surface area contributed by atoms with E-state index in [9.17, 15) is 4.79 Å². The van der Waals surface area contributed by atoms with Crippen molar-refractivity contribution in [3.8, 4) is 11.3 Å². The summed E-state index contributed by atoms with van der Waals surface area (Å²) in [5.74, 6) is -0.0955. The summed E-state index contributed by atoms with van der Waals surface area (Å²) in [6.07, 6.45) is 2.12. The largest absolute Gasteiger partial charge is 0.376 e. The van der Waals surface area contributed by atoms with Crippen molar-refractivity contribution in [3.05, 3.63) is 64.1 Å². The Kier molecular flexibility index (Phi) is 5.47. The Labute approximate surface area is 173 Å². The molecule has 0 aliphatic carbocycles. The second-order valence-electron chi connectivity index (χ2n) is 7.40. The maximum Gasteiger partial charge on any atom is 0.252 e. The highest BCUT2D eigenvalue weighted by Crippen LogP contribution is 2.28. The highest BCUT2D eigenvalue weighted by Gasteiger charge is 2.25. The van der Waals surface area contributed by atoms with Crippen molar-refractivity contribution in [1.29, 1.82) is 0 Å². The molecule has 1 aliphatic heterocycles. The molecular formula is C23H23BrN2O2. The number of pyridine rings is 1. The average molecular weight is 439 g/mol. The Hall–Kier alpha value is -2.24. The number of nitrogens with one attached hydrogen (secondary N) is 1. The van der Waals surface area contributed by atoms with Crippen molar-refractivity contribution in [1.82, 2.24) is 10.3 Å². The molecule has 28 heavy (non-hydrogen) atoms. The third kappa shape index (κ3) is 3.96. The maximum absolute atomic E-state index is 13.2. The Morgan fingerprint density at radius 1 is 1.21 bits per heavy atom. The van der Waals surface area contributed by atoms with E-state index in [1.165, 1.54) is 5.56 Å². The van der Waals surface area contributed by atoms with Crippen molar-refractivity contribution in [2.24, 2.45) is 0 Å². The van der Waals surface area contributed by atoms with Gasteiger partial charge in [0.1, 0.15) is 0 Å². The van der Waals surface area contributed by atoms with Crippen LogP contribution in [0.2, 0.25) is 0 Å². The molecule has 144 valence electrons. The van der Waals surface area contributed by atoms with Gasteiger partial charge in [-0.05, 0) is 51.0 Å². The minimum Gasteiger partial charge on any atom is -0.376 e. The third-order valence-electron chi connectivity index (χ3n) is 5.24. The van der Waals surface area contributed by atoms with Crippen LogP contribution in [0.25, 0.3) is 22.2 Å². The number of rotatable bonds is 4. The molecular weight excluding hydrogens is 416 g/mol. The first kappa shape index (κ1) is 19.1. The summed E-state index contributed by atoms with van der Waals surface area (Å²) in [7, 11) is 0. The normalized spacial score (nSPS) is 17.6. The van der Waals surface area contributed by atoms with Gasteiger partial charge in [-0.3, -0.25) is 4.79 Å². The number of aryl methyl sites for hydroxylation is 1. The predicted octanol–water partition coefficient (Wildman–Crippen LogP) is 5.27. The number of hydrogen-bond acceptors (Lipinski definition) is 3. The zero-order chi connectivity index (χ0) is 19.7. The number of carbonyl (C=O) groups excluding carboxylic acids is 1. The molecule has 1 aromatic heterocycles. The molecule has 1 aliphatic rings. The first-order valence-corrected chi connectivity index (χ1v) is 10.4. The van der Waals surface area contributed by atoms with E-state index in [2.05, 4.69) is 40.3 Å². The van der Waals surface area contributed by atoms with E-state index in [1.54, 1.807) is 0 Å². The van der Waals surface area contributed by atoms with Gasteiger partial charge in [-0.15, -0.1) is 0 Å². The lowest BCUT2D eigenvalue weighted by atomic mass is 10.0. The molecule has 0 unspecified atom stereocenters. The van der Waals surface area contributed by atoms with Gasteiger partial charge in [0.25, 0.3) is 5.91 Å². The van der Waals surface area contributed by atoms with Gasteiger partial charge in [0.15, 0.2) is 0 Å². The topological polar surface area (TPSA) is 51.2 Å². The van der Waals surface area contributed by atoms with Crippen molar-refractivity contribution >= 4 is 32.7 Å². The van der Waals surface area contributed by atoms with Crippen LogP contribution >= 0.6 is 15.9 Å². The molecule has 2 aromatic carbocycles. The van der Waals surface area contributed by atoms with E-state index in [1.807, 2.05) is 43.3 Å². The summed E-state index contributed by atoms with van der Waals surface area (Å²) in [5.41, 5.74) is 4.42. The molecule has 0 radical (unpaired) electrons. The van der Waals surface area contributed by atoms with Crippen LogP contribution in [0.4, 0.5) is 0 Å². The fraction of sp³-hybridized carbons (Fsp3) is 0.304. The third-order valence-corrected chi connectivity index (χ3v) is 5.74. The van der Waals surface area contributed by atoms with Crippen molar-refractivity contribution in [2.45, 2.75) is 38.8 Å². The Bertz CT molecular complexity index is 1010. The zero-order valence-corrected chi connectivity index (χ0v) is 17.6. The summed E-state index contributed by atoms with van der Waals surface area (Å²) >= 11 is 3.51. The van der Waals surface area contributed by atoms with E-state index in [0.717, 1.165) is 46.1 Å². The molecule has 1 amide bonds. The van der Waals surface area contributed by atoms with Gasteiger partial charge in [0.05, 0.1) is 28.9 Å². The van der Waals surface area contributed by atoms with Crippen molar-refractivity contribution in [2.75, 3.05) is 6.61 Å². The van der Waals surface area contributed by atoms with Gasteiger partial charge in [0.2, 0.25) is 0 Å². The van der Waals surface area contributed by atoms with Crippen LogP contribution in [-0.4, -0.2) is 29.6 Å². The van der Waals surface area contributed by atoms with E-state index < -0.39 is 0 Å². The van der Waals surface area contributed by atoms with Crippen LogP contribution < -0.4 is 5.32 Å². The second kappa shape index (κ2) is 8.02. The molecule has 1 fully saturated rings. The number of fused-ring (bicyclic) bond motifs is 1. The van der Waals surface area contributed by atoms with Crippen LogP contribution in [0.15, 0.2) is 53.0 Å². The van der Waals surface area contributed by atoms with Crippen molar-refractivity contribution in [3.63, 3.8) is 0 Å². The predicted molar refractivity (Wildman–Crippen MR) is 116 cm³/mol. The number of benzene rings is 2. The highest BCUT2D eigenvalue weighted by atomic mass is 79.9. The van der Waals surface area contributed by atoms with Crippen LogP contribution in [0, 0.1) is 6.92 Å². The van der Waals surface area contributed by atoms with Crippen LogP contribution in [0.3, 0.4) is 0 Å². The number of aromatic nitrogens is 1. The average Bonchev–Trinajstić information content (AvgIpc) is 3.22. The number of ether oxygens (including phenoxy) is 1. The van der Waals surface area contributed by atoms with Gasteiger partial charge >= 0.3 is 0 Å². The van der Waals surface area contributed by atoms with Crippen LogP contribution in [-0.2, 0) is 4.74 Å². The van der Waals surface area contributed by atoms with Crippen LogP contribution in [0.1, 0.15) is 35.7 Å². The second-order valence-corrected chi connectivity index (χ2v) is 8.31. The molecule has 4 rings (SSSR count). The number of carbonyl (C=O) groups is 1. The lowest BCUT2D eigenvalue weighted by molar-refractivity contribution is 0.0713. The smallest absolute Gasteiger partial charge is 0.252 e. The standard InChI is InChI=1S/C23H23BrN2O2/c1-14-5-7-16(8-6-14)21-13-19(18-12-17(24)9-10-20(18)26-21)23(27)25-15(2)22-4-3-11-28-22/h5-10,12-13,15,22H,3-4,11H2,1-2H3,(H,25,27)/t15-,22-/m0/s1. The summed E-state index contributed by atoms with van der Waals surface area (Å²) in [6, 6.07) is 15.9. The molecule has 0 bridgehead atoms. The van der Waals surface area contributed by atoms with Gasteiger partial charge in [0, 0.05) is 22.0 Å². The van der Waals surface area contributed by atoms with Gasteiger partial charge in [-0.1, -0.05) is 45.8 Å². The molecule has 2 atom stereocenters. The molecule has 3 aromatic rings. The van der Waals surface area contributed by atoms with E-state index >= 15 is 0 Å². The summed E-state index contributed by atoms with van der Waals surface area (Å²) in [6.45, 7) is 4.84. The lowest BCUT2D eigenvalue weighted by Crippen LogP contribution is -2.40. The first-order chi connectivity index (χ1) is 13.5. The minimum absolute atomic E-state index is 0.0341. The number of nitrogens with zero attached hydrogens (tertiary/aromatic N) is 1. The Balaban J connectivity index is 1.75. The maximum atomic E-state index is 13.2. The van der Waals surface area contributed by atoms with E-state index in [4.69, 9.17) is 9.72 Å². The zero-order valence-electron chi connectivity index (χ0n) is 16.0. The molecule has 5 heteroatoms. The summed E-state index contributed by atoms with van der Waals surface area (Å²) < 4.78 is 6.65. The van der Waals surface area contributed by atoms with Gasteiger partial charge in [-0.2, -0.15) is 0 Å². The lowest BCUT2D eigenvalue weighted by Gasteiger charge is -2.20. The molecule has 1 saturated heterocycles. The molecule has 0 spiro atoms. The number of hydrogen-bond donors (Lipinski definition) is 1. The fourth-order valence-corrected chi connectivity index (χ4v) is 3.99. The summed E-state index contributed by atoms with van der Waals surface area (Å²) in [4.78, 5) is 18.0. The Morgan fingerprint density at radius 3 is 2.71 bits per heavy atom. The molecule has 0 saturated carbocycles. The molecule has 2 heterocycles. The Morgan fingerprint density at radius 2 is 2.00 bits per heavy atom. The molecule has 4 nitrogen and oxygen atoms in total. The highest BCUT2D eigenvalue weighted by molar-refractivity contribution is 9.10. The fourth-order valence-electron chi connectivity index (χ4n) is 3.63.